The summed E-state index contributed by atoms with van der Waals surface area (Å²) >= 11 is 0. The van der Waals surface area contributed by atoms with E-state index < -0.39 is 0 Å². The molecule has 2 heterocycles. The van der Waals surface area contributed by atoms with Crippen molar-refractivity contribution in [3.8, 4) is 0 Å². The number of carbonyl (C=O) groups excluding carboxylic acids is 1. The second-order valence-electron chi connectivity index (χ2n) is 6.24. The standard InChI is InChI=1S/C13H25N3O/c1-10-7-14-8-11(10)12(17)16-6-5-15(4)13(2,3)9-16/h10-11,14H,5-9H2,1-4H3. The van der Waals surface area contributed by atoms with E-state index in [0.717, 1.165) is 32.7 Å². The van der Waals surface area contributed by atoms with E-state index in [-0.39, 0.29) is 11.5 Å². The van der Waals surface area contributed by atoms with Crippen LogP contribution in [0.2, 0.25) is 0 Å². The Hall–Kier alpha value is -0.610. The minimum atomic E-state index is 0.100. The van der Waals surface area contributed by atoms with Crippen molar-refractivity contribution >= 4 is 5.91 Å². The maximum atomic E-state index is 12.5. The summed E-state index contributed by atoms with van der Waals surface area (Å²) in [6.07, 6.45) is 0. The van der Waals surface area contributed by atoms with Gasteiger partial charge in [0.2, 0.25) is 5.91 Å². The fourth-order valence-corrected chi connectivity index (χ4v) is 2.80. The van der Waals surface area contributed by atoms with Crippen LogP contribution in [0.1, 0.15) is 20.8 Å². The minimum Gasteiger partial charge on any atom is -0.339 e. The molecule has 0 saturated carbocycles. The van der Waals surface area contributed by atoms with Gasteiger partial charge in [0.25, 0.3) is 0 Å². The number of piperazine rings is 1. The number of rotatable bonds is 1. The predicted octanol–water partition coefficient (Wildman–Crippen LogP) is 0.395. The molecular weight excluding hydrogens is 214 g/mol. The first kappa shape index (κ1) is 12.8. The number of hydrogen-bond acceptors (Lipinski definition) is 3. The van der Waals surface area contributed by atoms with E-state index in [4.69, 9.17) is 0 Å². The molecule has 2 atom stereocenters. The molecule has 0 radical (unpaired) electrons. The molecule has 0 aromatic carbocycles. The van der Waals surface area contributed by atoms with Crippen LogP contribution in [0.3, 0.4) is 0 Å². The predicted molar refractivity (Wildman–Crippen MR) is 68.8 cm³/mol. The van der Waals surface area contributed by atoms with Gasteiger partial charge < -0.3 is 10.2 Å². The molecule has 2 saturated heterocycles. The number of hydrogen-bond donors (Lipinski definition) is 1. The van der Waals surface area contributed by atoms with Gasteiger partial charge in [-0.15, -0.1) is 0 Å². The van der Waals surface area contributed by atoms with Crippen LogP contribution in [-0.2, 0) is 4.79 Å². The van der Waals surface area contributed by atoms with Crippen molar-refractivity contribution in [3.05, 3.63) is 0 Å². The number of likely N-dealkylation sites (N-methyl/N-ethyl adjacent to an activating group) is 1. The first-order valence-electron chi connectivity index (χ1n) is 6.62. The minimum absolute atomic E-state index is 0.100. The normalized spacial score (nSPS) is 34.0. The van der Waals surface area contributed by atoms with Crippen molar-refractivity contribution in [2.24, 2.45) is 11.8 Å². The third-order valence-electron chi connectivity index (χ3n) is 4.46. The lowest BCUT2D eigenvalue weighted by molar-refractivity contribution is -0.140. The lowest BCUT2D eigenvalue weighted by Gasteiger charge is -2.46. The van der Waals surface area contributed by atoms with Gasteiger partial charge in [-0.05, 0) is 33.4 Å². The molecule has 1 amide bonds. The zero-order chi connectivity index (χ0) is 12.6. The Morgan fingerprint density at radius 3 is 2.53 bits per heavy atom. The van der Waals surface area contributed by atoms with Crippen molar-refractivity contribution in [3.63, 3.8) is 0 Å². The highest BCUT2D eigenvalue weighted by molar-refractivity contribution is 5.80. The number of nitrogens with one attached hydrogen (secondary N) is 1. The van der Waals surface area contributed by atoms with Gasteiger partial charge >= 0.3 is 0 Å². The average molecular weight is 239 g/mol. The van der Waals surface area contributed by atoms with Crippen LogP contribution in [0.5, 0.6) is 0 Å². The molecule has 0 aliphatic carbocycles. The van der Waals surface area contributed by atoms with Crippen LogP contribution in [0.4, 0.5) is 0 Å². The second-order valence-corrected chi connectivity index (χ2v) is 6.24. The monoisotopic (exact) mass is 239 g/mol. The first-order valence-corrected chi connectivity index (χ1v) is 6.62. The lowest BCUT2D eigenvalue weighted by atomic mass is 9.94. The van der Waals surface area contributed by atoms with E-state index in [1.807, 2.05) is 0 Å². The van der Waals surface area contributed by atoms with Crippen LogP contribution in [0.15, 0.2) is 0 Å². The maximum absolute atomic E-state index is 12.5. The number of carbonyl (C=O) groups is 1. The molecule has 4 nitrogen and oxygen atoms in total. The molecule has 0 aromatic rings. The molecule has 2 aliphatic heterocycles. The van der Waals surface area contributed by atoms with E-state index >= 15 is 0 Å². The van der Waals surface area contributed by atoms with Crippen molar-refractivity contribution in [2.45, 2.75) is 26.3 Å². The molecule has 17 heavy (non-hydrogen) atoms. The van der Waals surface area contributed by atoms with Crippen LogP contribution >= 0.6 is 0 Å². The summed E-state index contributed by atoms with van der Waals surface area (Å²) in [5.41, 5.74) is 0.100. The molecule has 4 heteroatoms. The zero-order valence-corrected chi connectivity index (χ0v) is 11.5. The fourth-order valence-electron chi connectivity index (χ4n) is 2.80. The SMILES string of the molecule is CC1CNCC1C(=O)N1CCN(C)C(C)(C)C1. The van der Waals surface area contributed by atoms with E-state index in [1.54, 1.807) is 0 Å². The molecular formula is C13H25N3O. The summed E-state index contributed by atoms with van der Waals surface area (Å²) in [4.78, 5) is 16.9. The molecule has 2 unspecified atom stereocenters. The third-order valence-corrected chi connectivity index (χ3v) is 4.46. The van der Waals surface area contributed by atoms with Gasteiger partial charge in [0.15, 0.2) is 0 Å². The van der Waals surface area contributed by atoms with Crippen molar-refractivity contribution in [1.29, 1.82) is 0 Å². The topological polar surface area (TPSA) is 35.6 Å². The summed E-state index contributed by atoms with van der Waals surface area (Å²) < 4.78 is 0. The summed E-state index contributed by atoms with van der Waals surface area (Å²) in [7, 11) is 2.14. The van der Waals surface area contributed by atoms with E-state index in [1.165, 1.54) is 0 Å². The number of nitrogens with zero attached hydrogens (tertiary/aromatic N) is 2. The molecule has 0 spiro atoms. The Morgan fingerprint density at radius 1 is 1.29 bits per heavy atom. The maximum Gasteiger partial charge on any atom is 0.227 e. The van der Waals surface area contributed by atoms with Gasteiger partial charge in [-0.25, -0.2) is 0 Å². The van der Waals surface area contributed by atoms with Gasteiger partial charge in [-0.3, -0.25) is 9.69 Å². The first-order chi connectivity index (χ1) is 7.92. The Bertz CT molecular complexity index is 303. The Morgan fingerprint density at radius 2 is 2.00 bits per heavy atom. The second kappa shape index (κ2) is 4.58. The molecule has 0 bridgehead atoms. The Kier molecular flexibility index (Phi) is 3.46. The van der Waals surface area contributed by atoms with E-state index in [9.17, 15) is 4.79 Å². The molecule has 1 N–H and O–H groups in total. The van der Waals surface area contributed by atoms with E-state index in [2.05, 4.69) is 42.9 Å². The highest BCUT2D eigenvalue weighted by atomic mass is 16.2. The van der Waals surface area contributed by atoms with E-state index in [0.29, 0.717) is 11.8 Å². The summed E-state index contributed by atoms with van der Waals surface area (Å²) in [6, 6.07) is 0. The van der Waals surface area contributed by atoms with Gasteiger partial charge in [0.1, 0.15) is 0 Å². The van der Waals surface area contributed by atoms with Gasteiger partial charge in [-0.2, -0.15) is 0 Å². The average Bonchev–Trinajstić information content (AvgIpc) is 2.67. The van der Waals surface area contributed by atoms with Crippen LogP contribution in [0.25, 0.3) is 0 Å². The highest BCUT2D eigenvalue weighted by Gasteiger charge is 2.38. The molecule has 98 valence electrons. The Balaban J connectivity index is 2.01. The molecule has 2 rings (SSSR count). The van der Waals surface area contributed by atoms with Crippen LogP contribution in [0, 0.1) is 11.8 Å². The fraction of sp³-hybridized carbons (Fsp3) is 0.923. The highest BCUT2D eigenvalue weighted by Crippen LogP contribution is 2.24. The zero-order valence-electron chi connectivity index (χ0n) is 11.5. The molecule has 0 aromatic heterocycles. The van der Waals surface area contributed by atoms with Gasteiger partial charge in [-0.1, -0.05) is 6.92 Å². The van der Waals surface area contributed by atoms with Gasteiger partial charge in [0.05, 0.1) is 5.92 Å². The summed E-state index contributed by atoms with van der Waals surface area (Å²) in [5, 5.41) is 3.31. The van der Waals surface area contributed by atoms with Crippen molar-refractivity contribution in [1.82, 2.24) is 15.1 Å². The van der Waals surface area contributed by atoms with Crippen molar-refractivity contribution in [2.75, 3.05) is 39.8 Å². The number of amides is 1. The van der Waals surface area contributed by atoms with Crippen LogP contribution in [-0.4, -0.2) is 61.0 Å². The quantitative estimate of drug-likeness (QED) is 0.719. The smallest absolute Gasteiger partial charge is 0.227 e. The summed E-state index contributed by atoms with van der Waals surface area (Å²) in [6.45, 7) is 11.1. The third kappa shape index (κ3) is 2.47. The molecule has 2 fully saturated rings. The molecule has 2 aliphatic rings. The summed E-state index contributed by atoms with van der Waals surface area (Å²) in [5.74, 6) is 1.02. The Labute approximate surface area is 104 Å². The largest absolute Gasteiger partial charge is 0.339 e. The van der Waals surface area contributed by atoms with Crippen LogP contribution < -0.4 is 5.32 Å². The van der Waals surface area contributed by atoms with Gasteiger partial charge in [0, 0.05) is 31.7 Å². The van der Waals surface area contributed by atoms with Crippen molar-refractivity contribution < 1.29 is 4.79 Å². The lowest BCUT2D eigenvalue weighted by Crippen LogP contribution is -2.60.